The van der Waals surface area contributed by atoms with E-state index in [1.165, 1.54) is 37.7 Å². The zero-order valence-corrected chi connectivity index (χ0v) is 15.6. The van der Waals surface area contributed by atoms with Crippen LogP contribution in [0.4, 0.5) is 0 Å². The maximum atomic E-state index is 5.63. The molecule has 1 fully saturated rings. The average molecular weight is 340 g/mol. The van der Waals surface area contributed by atoms with Crippen molar-refractivity contribution in [1.29, 1.82) is 0 Å². The summed E-state index contributed by atoms with van der Waals surface area (Å²) >= 11 is 0. The van der Waals surface area contributed by atoms with E-state index >= 15 is 0 Å². The zero-order valence-electron chi connectivity index (χ0n) is 15.6. The van der Waals surface area contributed by atoms with E-state index in [4.69, 9.17) is 9.51 Å². The molecule has 1 saturated carbocycles. The van der Waals surface area contributed by atoms with Crippen molar-refractivity contribution in [1.82, 2.24) is 20.0 Å². The Balaban J connectivity index is 1.42. The van der Waals surface area contributed by atoms with Crippen molar-refractivity contribution in [2.45, 2.75) is 83.8 Å². The van der Waals surface area contributed by atoms with Crippen molar-refractivity contribution < 1.29 is 4.52 Å². The number of aromatic nitrogens is 3. The molecule has 0 amide bonds. The predicted octanol–water partition coefficient (Wildman–Crippen LogP) is 4.33. The number of rotatable bonds is 3. The highest BCUT2D eigenvalue weighted by Gasteiger charge is 2.26. The maximum Gasteiger partial charge on any atom is 0.151 e. The van der Waals surface area contributed by atoms with Gasteiger partial charge in [0, 0.05) is 42.2 Å². The summed E-state index contributed by atoms with van der Waals surface area (Å²) < 4.78 is 5.63. The van der Waals surface area contributed by atoms with E-state index < -0.39 is 0 Å². The summed E-state index contributed by atoms with van der Waals surface area (Å²) in [5, 5.41) is 4.35. The van der Waals surface area contributed by atoms with E-state index in [-0.39, 0.29) is 5.41 Å². The molecule has 0 spiro atoms. The molecule has 0 N–H and O–H groups in total. The Morgan fingerprint density at radius 2 is 1.96 bits per heavy atom. The van der Waals surface area contributed by atoms with Crippen LogP contribution in [0.2, 0.25) is 0 Å². The van der Waals surface area contributed by atoms with Gasteiger partial charge in [-0.2, -0.15) is 0 Å². The molecule has 5 heteroatoms. The molecule has 1 aliphatic carbocycles. The lowest BCUT2D eigenvalue weighted by atomic mass is 9.87. The fraction of sp³-hybridized carbons (Fsp3) is 0.650. The molecule has 2 aromatic rings. The van der Waals surface area contributed by atoms with E-state index in [1.54, 1.807) is 0 Å². The minimum Gasteiger partial charge on any atom is -0.360 e. The van der Waals surface area contributed by atoms with Crippen LogP contribution in [0.5, 0.6) is 0 Å². The first kappa shape index (κ1) is 16.7. The second kappa shape index (κ2) is 6.52. The molecular weight excluding hydrogens is 312 g/mol. The van der Waals surface area contributed by atoms with Crippen molar-refractivity contribution in [3.05, 3.63) is 40.8 Å². The van der Waals surface area contributed by atoms with Crippen molar-refractivity contribution in [2.24, 2.45) is 0 Å². The maximum absolute atomic E-state index is 5.63. The summed E-state index contributed by atoms with van der Waals surface area (Å²) in [5.74, 6) is 2.49. The van der Waals surface area contributed by atoms with E-state index in [2.05, 4.69) is 41.9 Å². The topological polar surface area (TPSA) is 55.1 Å². The van der Waals surface area contributed by atoms with Gasteiger partial charge in [-0.3, -0.25) is 4.90 Å². The highest BCUT2D eigenvalue weighted by atomic mass is 16.5. The third-order valence-electron chi connectivity index (χ3n) is 5.37. The Kier molecular flexibility index (Phi) is 4.36. The van der Waals surface area contributed by atoms with Gasteiger partial charge < -0.3 is 4.52 Å². The van der Waals surface area contributed by atoms with Gasteiger partial charge in [-0.25, -0.2) is 9.97 Å². The molecule has 0 bridgehead atoms. The Morgan fingerprint density at radius 3 is 2.72 bits per heavy atom. The van der Waals surface area contributed by atoms with Crippen molar-refractivity contribution in [2.75, 3.05) is 0 Å². The minimum absolute atomic E-state index is 0.0116. The Labute approximate surface area is 149 Å². The van der Waals surface area contributed by atoms with Gasteiger partial charge >= 0.3 is 0 Å². The predicted molar refractivity (Wildman–Crippen MR) is 96.0 cm³/mol. The van der Waals surface area contributed by atoms with Gasteiger partial charge in [0.2, 0.25) is 0 Å². The fourth-order valence-electron chi connectivity index (χ4n) is 3.91. The highest BCUT2D eigenvalue weighted by Crippen LogP contribution is 2.33. The van der Waals surface area contributed by atoms with Gasteiger partial charge in [-0.05, 0) is 12.8 Å². The van der Waals surface area contributed by atoms with Gasteiger partial charge in [-0.1, -0.05) is 45.2 Å². The monoisotopic (exact) mass is 340 g/mol. The van der Waals surface area contributed by atoms with E-state index in [9.17, 15) is 0 Å². The third-order valence-corrected chi connectivity index (χ3v) is 5.37. The summed E-state index contributed by atoms with van der Waals surface area (Å²) in [5.41, 5.74) is 3.54. The van der Waals surface area contributed by atoms with Crippen molar-refractivity contribution >= 4 is 0 Å². The van der Waals surface area contributed by atoms with Gasteiger partial charge in [0.05, 0.1) is 17.9 Å². The lowest BCUT2D eigenvalue weighted by Gasteiger charge is -2.18. The SMILES string of the molecule is CC(C)(C)c1ncc2c(n1)CN(Cc1cc(C3CCCCC3)no1)C2. The van der Waals surface area contributed by atoms with Crippen LogP contribution in [-0.2, 0) is 25.0 Å². The smallest absolute Gasteiger partial charge is 0.151 e. The second-order valence-corrected chi connectivity index (χ2v) is 8.61. The Hall–Kier alpha value is -1.75. The van der Waals surface area contributed by atoms with Gasteiger partial charge in [-0.15, -0.1) is 0 Å². The summed E-state index contributed by atoms with van der Waals surface area (Å²) in [6.07, 6.45) is 8.52. The highest BCUT2D eigenvalue weighted by molar-refractivity contribution is 5.24. The molecule has 25 heavy (non-hydrogen) atoms. The molecule has 0 unspecified atom stereocenters. The standard InChI is InChI=1S/C20H28N4O/c1-20(2,3)19-21-10-15-11-24(13-18(15)22-19)12-16-9-17(23-25-16)14-7-5-4-6-8-14/h9-10,14H,4-8,11-13H2,1-3H3. The Bertz CT molecular complexity index is 740. The van der Waals surface area contributed by atoms with Gasteiger partial charge in [0.15, 0.2) is 5.76 Å². The van der Waals surface area contributed by atoms with Crippen molar-refractivity contribution in [3.63, 3.8) is 0 Å². The first-order chi connectivity index (χ1) is 12.0. The normalized spacial score (nSPS) is 19.3. The van der Waals surface area contributed by atoms with Crippen LogP contribution < -0.4 is 0 Å². The summed E-state index contributed by atoms with van der Waals surface area (Å²) in [4.78, 5) is 11.7. The van der Waals surface area contributed by atoms with Gasteiger partial charge in [0.1, 0.15) is 5.82 Å². The largest absolute Gasteiger partial charge is 0.360 e. The van der Waals surface area contributed by atoms with E-state index in [0.717, 1.165) is 42.6 Å². The Morgan fingerprint density at radius 1 is 1.16 bits per heavy atom. The molecule has 0 aromatic carbocycles. The molecule has 1 aliphatic heterocycles. The first-order valence-corrected chi connectivity index (χ1v) is 9.52. The number of nitrogens with zero attached hydrogens (tertiary/aromatic N) is 4. The molecule has 134 valence electrons. The van der Waals surface area contributed by atoms with Crippen LogP contribution in [0.25, 0.3) is 0 Å². The molecule has 2 aromatic heterocycles. The molecule has 0 saturated heterocycles. The molecule has 4 rings (SSSR count). The van der Waals surface area contributed by atoms with Crippen LogP contribution >= 0.6 is 0 Å². The summed E-state index contributed by atoms with van der Waals surface area (Å²) in [6.45, 7) is 9.01. The second-order valence-electron chi connectivity index (χ2n) is 8.61. The molecule has 0 radical (unpaired) electrons. The van der Waals surface area contributed by atoms with E-state index in [0.29, 0.717) is 5.92 Å². The zero-order chi connectivity index (χ0) is 17.4. The van der Waals surface area contributed by atoms with Crippen molar-refractivity contribution in [3.8, 4) is 0 Å². The molecule has 5 nitrogen and oxygen atoms in total. The molecule has 2 aliphatic rings. The van der Waals surface area contributed by atoms with Crippen LogP contribution in [0.3, 0.4) is 0 Å². The number of fused-ring (bicyclic) bond motifs is 1. The van der Waals surface area contributed by atoms with Gasteiger partial charge in [0.25, 0.3) is 0 Å². The van der Waals surface area contributed by atoms with Crippen LogP contribution in [0.15, 0.2) is 16.8 Å². The number of hydrogen-bond acceptors (Lipinski definition) is 5. The molecule has 3 heterocycles. The summed E-state index contributed by atoms with van der Waals surface area (Å²) in [7, 11) is 0. The van der Waals surface area contributed by atoms with Crippen LogP contribution in [0.1, 0.15) is 87.3 Å². The lowest BCUT2D eigenvalue weighted by molar-refractivity contribution is 0.234. The molecule has 0 atom stereocenters. The lowest BCUT2D eigenvalue weighted by Crippen LogP contribution is -2.17. The quantitative estimate of drug-likeness (QED) is 0.832. The minimum atomic E-state index is -0.0116. The van der Waals surface area contributed by atoms with Crippen LogP contribution in [-0.4, -0.2) is 20.0 Å². The third kappa shape index (κ3) is 3.61. The average Bonchev–Trinajstić information content (AvgIpc) is 3.20. The van der Waals surface area contributed by atoms with Crippen LogP contribution in [0, 0.1) is 0 Å². The van der Waals surface area contributed by atoms with E-state index in [1.807, 2.05) is 6.20 Å². The molecular formula is C20H28N4O. The fourth-order valence-corrected chi connectivity index (χ4v) is 3.91. The summed E-state index contributed by atoms with van der Waals surface area (Å²) in [6, 6.07) is 2.17. The number of hydrogen-bond donors (Lipinski definition) is 0. The first-order valence-electron chi connectivity index (χ1n) is 9.52.